The van der Waals surface area contributed by atoms with Crippen LogP contribution in [0.15, 0.2) is 18.2 Å². The molecular weight excluding hydrogens is 292 g/mol. The van der Waals surface area contributed by atoms with Crippen LogP contribution in [0.3, 0.4) is 0 Å². The molecule has 2 fully saturated rings. The summed E-state index contributed by atoms with van der Waals surface area (Å²) in [5, 5.41) is 15.1. The molecule has 3 N–H and O–H groups in total. The quantitative estimate of drug-likeness (QED) is 0.780. The number of rotatable bonds is 5. The van der Waals surface area contributed by atoms with E-state index in [1.807, 2.05) is 0 Å². The van der Waals surface area contributed by atoms with Gasteiger partial charge in [0.25, 0.3) is 0 Å². The van der Waals surface area contributed by atoms with E-state index in [1.54, 1.807) is 6.07 Å². The Balaban J connectivity index is 1.68. The van der Waals surface area contributed by atoms with Gasteiger partial charge in [0.2, 0.25) is 0 Å². The minimum atomic E-state index is -1.12. The fourth-order valence-electron chi connectivity index (χ4n) is 2.64. The molecule has 0 atom stereocenters. The Morgan fingerprint density at radius 2 is 1.81 bits per heavy atom. The Morgan fingerprint density at radius 3 is 2.33 bits per heavy atom. The maximum atomic E-state index is 12.1. The van der Waals surface area contributed by atoms with Gasteiger partial charge in [-0.1, -0.05) is 11.6 Å². The molecule has 0 saturated heterocycles. The van der Waals surface area contributed by atoms with E-state index >= 15 is 0 Å². The van der Waals surface area contributed by atoms with Gasteiger partial charge in [0.15, 0.2) is 0 Å². The fourth-order valence-corrected chi connectivity index (χ4v) is 2.82. The van der Waals surface area contributed by atoms with Crippen molar-refractivity contribution in [2.24, 2.45) is 11.8 Å². The molecule has 2 saturated carbocycles. The number of carboxylic acids is 1. The highest BCUT2D eigenvalue weighted by molar-refractivity contribution is 6.31. The number of carbonyl (C=O) groups is 2. The minimum absolute atomic E-state index is 0.00737. The summed E-state index contributed by atoms with van der Waals surface area (Å²) < 4.78 is 0. The average molecular weight is 309 g/mol. The predicted octanol–water partition coefficient (Wildman–Crippen LogP) is 3.35. The predicted molar refractivity (Wildman–Crippen MR) is 79.8 cm³/mol. The Labute approximate surface area is 127 Å². The summed E-state index contributed by atoms with van der Waals surface area (Å²) in [6.07, 6.45) is 4.68. The van der Waals surface area contributed by atoms with Gasteiger partial charge >= 0.3 is 12.0 Å². The van der Waals surface area contributed by atoms with Gasteiger partial charge in [-0.25, -0.2) is 9.59 Å². The molecule has 2 amide bonds. The zero-order valence-electron chi connectivity index (χ0n) is 11.4. The highest BCUT2D eigenvalue weighted by Crippen LogP contribution is 2.44. The first-order valence-electron chi connectivity index (χ1n) is 7.15. The summed E-state index contributed by atoms with van der Waals surface area (Å²) in [7, 11) is 0. The Kier molecular flexibility index (Phi) is 3.76. The number of urea groups is 1. The molecule has 112 valence electrons. The molecule has 0 aliphatic heterocycles. The molecule has 0 radical (unpaired) electrons. The number of nitrogens with one attached hydrogen (secondary N) is 2. The van der Waals surface area contributed by atoms with E-state index in [-0.39, 0.29) is 23.3 Å². The zero-order chi connectivity index (χ0) is 15.0. The number of hydrogen-bond acceptors (Lipinski definition) is 2. The first-order chi connectivity index (χ1) is 10.0. The van der Waals surface area contributed by atoms with E-state index in [9.17, 15) is 9.59 Å². The van der Waals surface area contributed by atoms with Crippen molar-refractivity contribution in [3.05, 3.63) is 28.8 Å². The van der Waals surface area contributed by atoms with Crippen LogP contribution in [0, 0.1) is 11.8 Å². The minimum Gasteiger partial charge on any atom is -0.478 e. The maximum Gasteiger partial charge on any atom is 0.337 e. The van der Waals surface area contributed by atoms with Crippen molar-refractivity contribution in [3.63, 3.8) is 0 Å². The van der Waals surface area contributed by atoms with Crippen molar-refractivity contribution in [1.29, 1.82) is 0 Å². The molecule has 0 aromatic heterocycles. The summed E-state index contributed by atoms with van der Waals surface area (Å²) in [6.45, 7) is 0. The number of benzene rings is 1. The van der Waals surface area contributed by atoms with E-state index in [0.29, 0.717) is 16.9 Å². The molecule has 2 aliphatic rings. The Morgan fingerprint density at radius 1 is 1.19 bits per heavy atom. The highest BCUT2D eigenvalue weighted by atomic mass is 35.5. The number of amides is 2. The summed E-state index contributed by atoms with van der Waals surface area (Å²) >= 11 is 5.79. The third-order valence-electron chi connectivity index (χ3n) is 4.02. The summed E-state index contributed by atoms with van der Waals surface area (Å²) in [6, 6.07) is 4.28. The number of aromatic carboxylic acids is 1. The molecule has 0 unspecified atom stereocenters. The van der Waals surface area contributed by atoms with Crippen LogP contribution < -0.4 is 10.6 Å². The smallest absolute Gasteiger partial charge is 0.337 e. The number of carboxylic acid groups (broad SMARTS) is 1. The van der Waals surface area contributed by atoms with Crippen LogP contribution in [-0.4, -0.2) is 23.1 Å². The lowest BCUT2D eigenvalue weighted by molar-refractivity contribution is 0.0698. The van der Waals surface area contributed by atoms with Crippen LogP contribution >= 0.6 is 11.6 Å². The van der Waals surface area contributed by atoms with Gasteiger partial charge in [-0.15, -0.1) is 0 Å². The monoisotopic (exact) mass is 308 g/mol. The molecule has 0 bridgehead atoms. The van der Waals surface area contributed by atoms with Gasteiger partial charge in [0.05, 0.1) is 11.3 Å². The number of anilines is 1. The van der Waals surface area contributed by atoms with Crippen molar-refractivity contribution in [2.45, 2.75) is 31.7 Å². The summed E-state index contributed by atoms with van der Waals surface area (Å²) in [5.74, 6) is 0.0635. The second-order valence-electron chi connectivity index (χ2n) is 5.79. The molecular formula is C15H17ClN2O3. The molecule has 0 heterocycles. The van der Waals surface area contributed by atoms with Gasteiger partial charge in [-0.2, -0.15) is 0 Å². The van der Waals surface area contributed by atoms with Crippen molar-refractivity contribution in [3.8, 4) is 0 Å². The summed E-state index contributed by atoms with van der Waals surface area (Å²) in [5.41, 5.74) is 0.252. The number of halogens is 1. The molecule has 0 spiro atoms. The fraction of sp³-hybridized carbons (Fsp3) is 0.467. The topological polar surface area (TPSA) is 78.4 Å². The largest absolute Gasteiger partial charge is 0.478 e. The third-order valence-corrected chi connectivity index (χ3v) is 4.25. The van der Waals surface area contributed by atoms with Crippen LogP contribution in [0.5, 0.6) is 0 Å². The molecule has 6 heteroatoms. The molecule has 5 nitrogen and oxygen atoms in total. The Bertz CT molecular complexity index is 570. The van der Waals surface area contributed by atoms with E-state index in [0.717, 1.165) is 0 Å². The molecule has 3 rings (SSSR count). The molecule has 1 aromatic carbocycles. The van der Waals surface area contributed by atoms with Crippen molar-refractivity contribution < 1.29 is 14.7 Å². The van der Waals surface area contributed by atoms with Crippen LogP contribution in [0.1, 0.15) is 36.0 Å². The third kappa shape index (κ3) is 3.47. The zero-order valence-corrected chi connectivity index (χ0v) is 12.2. The molecule has 1 aromatic rings. The second-order valence-corrected chi connectivity index (χ2v) is 6.23. The number of carbonyl (C=O) groups excluding carboxylic acids is 1. The molecule has 21 heavy (non-hydrogen) atoms. The first kappa shape index (κ1) is 14.2. The maximum absolute atomic E-state index is 12.1. The Hall–Kier alpha value is -1.75. The van der Waals surface area contributed by atoms with Gasteiger partial charge < -0.3 is 15.7 Å². The lowest BCUT2D eigenvalue weighted by Crippen LogP contribution is -2.40. The SMILES string of the molecule is O=C(Nc1ccc(Cl)cc1C(=O)O)NC(C1CC1)C1CC1. The van der Waals surface area contributed by atoms with E-state index in [4.69, 9.17) is 16.7 Å². The average Bonchev–Trinajstić information content (AvgIpc) is 3.30. The number of hydrogen-bond donors (Lipinski definition) is 3. The van der Waals surface area contributed by atoms with Crippen LogP contribution in [0.4, 0.5) is 10.5 Å². The summed E-state index contributed by atoms with van der Waals surface area (Å²) in [4.78, 5) is 23.3. The van der Waals surface area contributed by atoms with Gasteiger partial charge in [-0.3, -0.25) is 0 Å². The van der Waals surface area contributed by atoms with E-state index in [1.165, 1.54) is 37.8 Å². The van der Waals surface area contributed by atoms with Crippen LogP contribution in [0.2, 0.25) is 5.02 Å². The lowest BCUT2D eigenvalue weighted by atomic mass is 10.1. The second kappa shape index (κ2) is 5.56. The van der Waals surface area contributed by atoms with E-state index < -0.39 is 5.97 Å². The molecule has 2 aliphatic carbocycles. The van der Waals surface area contributed by atoms with Crippen LogP contribution in [0.25, 0.3) is 0 Å². The first-order valence-corrected chi connectivity index (χ1v) is 7.53. The van der Waals surface area contributed by atoms with Crippen LogP contribution in [-0.2, 0) is 0 Å². The lowest BCUT2D eigenvalue weighted by Gasteiger charge is -2.18. The van der Waals surface area contributed by atoms with Gasteiger partial charge in [0.1, 0.15) is 0 Å². The van der Waals surface area contributed by atoms with Crippen molar-refractivity contribution in [1.82, 2.24) is 5.32 Å². The van der Waals surface area contributed by atoms with Crippen molar-refractivity contribution >= 4 is 29.3 Å². The van der Waals surface area contributed by atoms with Crippen molar-refractivity contribution in [2.75, 3.05) is 5.32 Å². The van der Waals surface area contributed by atoms with Gasteiger partial charge in [-0.05, 0) is 55.7 Å². The van der Waals surface area contributed by atoms with Gasteiger partial charge in [0, 0.05) is 11.1 Å². The van der Waals surface area contributed by atoms with E-state index in [2.05, 4.69) is 10.6 Å². The normalized spacial score (nSPS) is 17.6. The highest BCUT2D eigenvalue weighted by Gasteiger charge is 2.42. The standard InChI is InChI=1S/C15H17ClN2O3/c16-10-5-6-12(11(7-10)14(19)20)17-15(21)18-13(8-1-2-8)9-3-4-9/h5-9,13H,1-4H2,(H,19,20)(H2,17,18,21).